The van der Waals surface area contributed by atoms with Crippen LogP contribution in [0, 0.1) is 0 Å². The number of nitrogens with one attached hydrogen (secondary N) is 1. The van der Waals surface area contributed by atoms with Crippen molar-refractivity contribution in [1.29, 1.82) is 0 Å². The average molecular weight is 666 g/mol. The molecule has 3 amide bonds. The fraction of sp³-hybridized carbons (Fsp3) is 0.567. The number of fused-ring (bicyclic) bond motifs is 1. The molecule has 5 rings (SSSR count). The van der Waals surface area contributed by atoms with Crippen molar-refractivity contribution >= 4 is 60.9 Å². The monoisotopic (exact) mass is 665 g/mol. The van der Waals surface area contributed by atoms with Crippen LogP contribution in [0.4, 0.5) is 0 Å². The van der Waals surface area contributed by atoms with Crippen LogP contribution >= 0.6 is 11.6 Å². The Balaban J connectivity index is 1.16. The summed E-state index contributed by atoms with van der Waals surface area (Å²) < 4.78 is 40.5. The van der Waals surface area contributed by atoms with E-state index < -0.39 is 26.9 Å². The molecule has 3 heterocycles. The van der Waals surface area contributed by atoms with Gasteiger partial charge in [-0.05, 0) is 67.1 Å². The second-order valence-electron chi connectivity index (χ2n) is 12.0. The lowest BCUT2D eigenvalue weighted by molar-refractivity contribution is -0.143. The highest BCUT2D eigenvalue weighted by Crippen LogP contribution is 2.25. The maximum Gasteiger partial charge on any atom is 0.242 e. The minimum atomic E-state index is -3.98. The summed E-state index contributed by atoms with van der Waals surface area (Å²) in [6, 6.07) is 9.07. The molecular formula is C30H40ClN5O6S2. The molecule has 0 aliphatic carbocycles. The summed E-state index contributed by atoms with van der Waals surface area (Å²) in [5, 5.41) is 2.09. The maximum atomic E-state index is 13.5. The molecule has 44 heavy (non-hydrogen) atoms. The zero-order chi connectivity index (χ0) is 31.6. The van der Waals surface area contributed by atoms with E-state index in [1.165, 1.54) is 17.2 Å². The smallest absolute Gasteiger partial charge is 0.242 e. The number of nitrogens with zero attached hydrogens (tertiary/aromatic N) is 4. The summed E-state index contributed by atoms with van der Waals surface area (Å²) in [6.07, 6.45) is 5.04. The summed E-state index contributed by atoms with van der Waals surface area (Å²) in [5.74, 6) is -0.621. The lowest BCUT2D eigenvalue weighted by atomic mass is 10.1. The Morgan fingerprint density at radius 3 is 2.55 bits per heavy atom. The molecule has 1 N–H and O–H groups in total. The summed E-state index contributed by atoms with van der Waals surface area (Å²) in [4.78, 5) is 46.5. The molecule has 0 bridgehead atoms. The molecule has 0 saturated carbocycles. The normalized spacial score (nSPS) is 23.8. The topological polar surface area (TPSA) is 127 Å². The van der Waals surface area contributed by atoms with Gasteiger partial charge in [-0.15, -0.1) is 0 Å². The van der Waals surface area contributed by atoms with Crippen molar-refractivity contribution in [2.75, 3.05) is 58.3 Å². The number of benzene rings is 2. The lowest BCUT2D eigenvalue weighted by Gasteiger charge is -2.35. The van der Waals surface area contributed by atoms with E-state index in [2.05, 4.69) is 9.62 Å². The molecule has 240 valence electrons. The second kappa shape index (κ2) is 13.8. The molecule has 3 saturated heterocycles. The van der Waals surface area contributed by atoms with Crippen molar-refractivity contribution in [3.8, 4) is 0 Å². The molecule has 3 aliphatic heterocycles. The Bertz CT molecular complexity index is 1560. The standard InChI is InChI=1S/C30H40ClN5O6S2/c1-33(29(38)20-43(2)40)24-11-14-34(17-24)18-25-5-3-13-36(25)28(37)19-35-12-4-6-27(30(35)39)32-44(41,42)26-10-8-21-15-23(31)9-7-22(21)16-26/h7-10,15-16,24-25,27,32H,3-6,11-14,17-20H2,1-2H3/t24?,25-,27-,43?/m0/s1. The van der Waals surface area contributed by atoms with Gasteiger partial charge in [0.15, 0.2) is 0 Å². The summed E-state index contributed by atoms with van der Waals surface area (Å²) in [6.45, 7) is 3.14. The van der Waals surface area contributed by atoms with Gasteiger partial charge in [-0.25, -0.2) is 8.42 Å². The summed E-state index contributed by atoms with van der Waals surface area (Å²) >= 11 is 6.05. The van der Waals surface area contributed by atoms with Crippen LogP contribution in [-0.2, 0) is 35.2 Å². The third kappa shape index (κ3) is 7.61. The molecule has 2 unspecified atom stereocenters. The predicted molar refractivity (Wildman–Crippen MR) is 170 cm³/mol. The number of amides is 3. The van der Waals surface area contributed by atoms with Gasteiger partial charge < -0.3 is 14.7 Å². The number of carbonyl (C=O) groups excluding carboxylic acids is 3. The number of likely N-dealkylation sites (tertiary alicyclic amines) is 3. The first-order chi connectivity index (χ1) is 20.9. The molecule has 2 aromatic rings. The number of rotatable bonds is 10. The van der Waals surface area contributed by atoms with Crippen molar-refractivity contribution < 1.29 is 27.0 Å². The molecule has 2 aromatic carbocycles. The van der Waals surface area contributed by atoms with Gasteiger partial charge in [0.25, 0.3) is 0 Å². The number of halogens is 1. The largest absolute Gasteiger partial charge is 0.341 e. The van der Waals surface area contributed by atoms with Crippen molar-refractivity contribution in [3.63, 3.8) is 0 Å². The van der Waals surface area contributed by atoms with Gasteiger partial charge in [-0.1, -0.05) is 23.7 Å². The van der Waals surface area contributed by atoms with Gasteiger partial charge in [-0.2, -0.15) is 4.72 Å². The molecule has 0 aromatic heterocycles. The number of likely N-dealkylation sites (N-methyl/N-ethyl adjacent to an activating group) is 1. The summed E-state index contributed by atoms with van der Waals surface area (Å²) in [5.41, 5.74) is 0. The minimum Gasteiger partial charge on any atom is -0.341 e. The fourth-order valence-electron chi connectivity index (χ4n) is 6.50. The first kappa shape index (κ1) is 32.8. The Kier molecular flexibility index (Phi) is 10.3. The van der Waals surface area contributed by atoms with Gasteiger partial charge in [0.05, 0.1) is 11.4 Å². The van der Waals surface area contributed by atoms with E-state index in [9.17, 15) is 27.0 Å². The number of carbonyl (C=O) groups is 3. The Hall–Kier alpha value is -2.58. The SMILES string of the molecule is CN(C(=O)CS(C)=O)C1CCN(C[C@@H]2CCCN2C(=O)CN2CCC[C@H](NS(=O)(=O)c3ccc4cc(Cl)ccc4c3)C2=O)C1. The zero-order valence-electron chi connectivity index (χ0n) is 25.1. The van der Waals surface area contributed by atoms with E-state index in [1.54, 1.807) is 42.3 Å². The highest BCUT2D eigenvalue weighted by atomic mass is 35.5. The number of hydrogen-bond donors (Lipinski definition) is 1. The Morgan fingerprint density at radius 1 is 1.05 bits per heavy atom. The van der Waals surface area contributed by atoms with Crippen LogP contribution < -0.4 is 4.72 Å². The molecule has 3 fully saturated rings. The third-order valence-electron chi connectivity index (χ3n) is 8.92. The molecule has 0 spiro atoms. The lowest BCUT2D eigenvalue weighted by Crippen LogP contribution is -2.55. The van der Waals surface area contributed by atoms with Gasteiger partial charge in [-0.3, -0.25) is 23.5 Å². The first-order valence-corrected chi connectivity index (χ1v) is 18.6. The second-order valence-corrected chi connectivity index (χ2v) is 15.6. The predicted octanol–water partition coefficient (Wildman–Crippen LogP) is 1.66. The molecule has 0 radical (unpaired) electrons. The third-order valence-corrected chi connectivity index (χ3v) is 11.3. The van der Waals surface area contributed by atoms with Crippen LogP contribution in [0.15, 0.2) is 41.3 Å². The van der Waals surface area contributed by atoms with Gasteiger partial charge >= 0.3 is 0 Å². The molecular weight excluding hydrogens is 626 g/mol. The molecule has 14 heteroatoms. The number of hydrogen-bond acceptors (Lipinski definition) is 7. The fourth-order valence-corrected chi connectivity index (χ4v) is 8.49. The van der Waals surface area contributed by atoms with Crippen molar-refractivity contribution in [1.82, 2.24) is 24.3 Å². The molecule has 11 nitrogen and oxygen atoms in total. The van der Waals surface area contributed by atoms with Crippen molar-refractivity contribution in [2.45, 2.75) is 55.1 Å². The number of sulfonamides is 1. The van der Waals surface area contributed by atoms with E-state index in [0.717, 1.165) is 36.6 Å². The van der Waals surface area contributed by atoms with Gasteiger partial charge in [0.1, 0.15) is 11.8 Å². The first-order valence-electron chi connectivity index (χ1n) is 15.0. The van der Waals surface area contributed by atoms with E-state index in [4.69, 9.17) is 11.6 Å². The van der Waals surface area contributed by atoms with Crippen LogP contribution in [0.2, 0.25) is 5.02 Å². The summed E-state index contributed by atoms with van der Waals surface area (Å²) in [7, 11) is -3.40. The van der Waals surface area contributed by atoms with Gasteiger partial charge in [0.2, 0.25) is 27.7 Å². The quantitative estimate of drug-likeness (QED) is 0.409. The number of piperidine rings is 1. The Morgan fingerprint density at radius 2 is 1.77 bits per heavy atom. The Labute approximate surface area is 266 Å². The van der Waals surface area contributed by atoms with E-state index >= 15 is 0 Å². The highest BCUT2D eigenvalue weighted by molar-refractivity contribution is 7.89. The molecule has 4 atom stereocenters. The van der Waals surface area contributed by atoms with Crippen molar-refractivity contribution in [2.24, 2.45) is 0 Å². The van der Waals surface area contributed by atoms with Crippen molar-refractivity contribution in [3.05, 3.63) is 41.4 Å². The highest BCUT2D eigenvalue weighted by Gasteiger charge is 2.37. The average Bonchev–Trinajstić information content (AvgIpc) is 3.64. The van der Waals surface area contributed by atoms with Crippen LogP contribution in [0.25, 0.3) is 10.8 Å². The minimum absolute atomic E-state index is 0.0161. The van der Waals surface area contributed by atoms with Crippen LogP contribution in [-0.4, -0.2) is 126 Å². The van der Waals surface area contributed by atoms with Crippen LogP contribution in [0.3, 0.4) is 0 Å². The maximum absolute atomic E-state index is 13.5. The van der Waals surface area contributed by atoms with E-state index in [1.807, 2.05) is 4.90 Å². The van der Waals surface area contributed by atoms with E-state index in [0.29, 0.717) is 44.0 Å². The van der Waals surface area contributed by atoms with Gasteiger partial charge in [0, 0.05) is 73.9 Å². The van der Waals surface area contributed by atoms with Crippen LogP contribution in [0.5, 0.6) is 0 Å². The van der Waals surface area contributed by atoms with Crippen LogP contribution in [0.1, 0.15) is 32.1 Å². The van der Waals surface area contributed by atoms with E-state index in [-0.39, 0.29) is 47.0 Å². The molecule has 3 aliphatic rings. The zero-order valence-corrected chi connectivity index (χ0v) is 27.5.